The van der Waals surface area contributed by atoms with E-state index >= 15 is 0 Å². The Morgan fingerprint density at radius 1 is 1.40 bits per heavy atom. The smallest absolute Gasteiger partial charge is 0.265 e. The summed E-state index contributed by atoms with van der Waals surface area (Å²) in [6.45, 7) is 7.17. The number of carbonyl (C=O) groups excluding carboxylic acids is 1. The number of carbonyl (C=O) groups is 1. The molecule has 2 heterocycles. The number of amides is 1. The van der Waals surface area contributed by atoms with E-state index in [9.17, 15) is 4.79 Å². The summed E-state index contributed by atoms with van der Waals surface area (Å²) >= 11 is 1.46. The zero-order valence-electron chi connectivity index (χ0n) is 11.9. The van der Waals surface area contributed by atoms with E-state index in [0.717, 1.165) is 49.6 Å². The van der Waals surface area contributed by atoms with Crippen molar-refractivity contribution < 1.29 is 4.79 Å². The van der Waals surface area contributed by atoms with E-state index in [0.29, 0.717) is 6.54 Å². The second-order valence-electron chi connectivity index (χ2n) is 4.80. The van der Waals surface area contributed by atoms with Crippen molar-refractivity contribution in [3.63, 3.8) is 0 Å². The lowest BCUT2D eigenvalue weighted by Gasteiger charge is -2.34. The topological polar surface area (TPSA) is 49.6 Å². The molecular formula is C15H21N3OS. The Balaban J connectivity index is 2.00. The maximum atomic E-state index is 12.5. The molecule has 0 unspecified atom stereocenters. The van der Waals surface area contributed by atoms with Crippen LogP contribution in [0.3, 0.4) is 0 Å². The monoisotopic (exact) mass is 291 g/mol. The molecule has 1 fully saturated rings. The molecule has 1 aliphatic rings. The number of piperazine rings is 1. The van der Waals surface area contributed by atoms with E-state index in [4.69, 9.17) is 5.73 Å². The van der Waals surface area contributed by atoms with Crippen molar-refractivity contribution in [3.8, 4) is 11.8 Å². The van der Waals surface area contributed by atoms with Gasteiger partial charge in [0.15, 0.2) is 0 Å². The predicted molar refractivity (Wildman–Crippen MR) is 82.9 cm³/mol. The zero-order chi connectivity index (χ0) is 14.4. The van der Waals surface area contributed by atoms with E-state index in [2.05, 4.69) is 23.7 Å². The Morgan fingerprint density at radius 2 is 2.15 bits per heavy atom. The number of nitrogens with zero attached hydrogens (tertiary/aromatic N) is 2. The van der Waals surface area contributed by atoms with Crippen molar-refractivity contribution >= 4 is 17.2 Å². The Morgan fingerprint density at radius 3 is 2.80 bits per heavy atom. The number of hydrogen-bond donors (Lipinski definition) is 1. The lowest BCUT2D eigenvalue weighted by atomic mass is 10.2. The molecule has 0 spiro atoms. The Hall–Kier alpha value is -1.35. The normalized spacial score (nSPS) is 15.8. The first kappa shape index (κ1) is 15.0. The highest BCUT2D eigenvalue weighted by Crippen LogP contribution is 2.19. The molecule has 0 aromatic carbocycles. The number of hydrogen-bond acceptors (Lipinski definition) is 4. The van der Waals surface area contributed by atoms with Crippen LogP contribution in [0.1, 0.15) is 28.6 Å². The van der Waals surface area contributed by atoms with Gasteiger partial charge >= 0.3 is 0 Å². The molecule has 1 aliphatic heterocycles. The highest BCUT2D eigenvalue weighted by molar-refractivity contribution is 7.12. The molecule has 0 radical (unpaired) electrons. The average Bonchev–Trinajstić information content (AvgIpc) is 2.94. The maximum Gasteiger partial charge on any atom is 0.265 e. The van der Waals surface area contributed by atoms with Crippen LogP contribution in [0, 0.1) is 11.8 Å². The van der Waals surface area contributed by atoms with Gasteiger partial charge in [0.05, 0.1) is 6.54 Å². The second-order valence-corrected chi connectivity index (χ2v) is 5.72. The first-order valence-electron chi connectivity index (χ1n) is 7.04. The number of rotatable bonds is 3. The lowest BCUT2D eigenvalue weighted by molar-refractivity contribution is 0.0642. The number of thiophene rings is 1. The van der Waals surface area contributed by atoms with Gasteiger partial charge in [-0.05, 0) is 24.4 Å². The molecule has 0 aliphatic carbocycles. The van der Waals surface area contributed by atoms with Gasteiger partial charge in [-0.25, -0.2) is 0 Å². The Kier molecular flexibility index (Phi) is 5.60. The van der Waals surface area contributed by atoms with Crippen LogP contribution in [-0.2, 0) is 0 Å². The van der Waals surface area contributed by atoms with Gasteiger partial charge in [-0.3, -0.25) is 9.69 Å². The van der Waals surface area contributed by atoms with Crippen LogP contribution in [0.4, 0.5) is 0 Å². The highest BCUT2D eigenvalue weighted by atomic mass is 32.1. The molecule has 2 rings (SSSR count). The standard InChI is InChI=1S/C15H21N3OS/c1-2-7-17-8-10-18(11-9-17)15(19)14-13(4-3-6-16)5-12-20-14/h5,12H,2,6-11,16H2,1H3. The fourth-order valence-electron chi connectivity index (χ4n) is 2.35. The van der Waals surface area contributed by atoms with Gasteiger partial charge in [0, 0.05) is 31.7 Å². The predicted octanol–water partition coefficient (Wildman–Crippen LogP) is 1.23. The van der Waals surface area contributed by atoms with Gasteiger partial charge in [-0.2, -0.15) is 0 Å². The lowest BCUT2D eigenvalue weighted by Crippen LogP contribution is -2.48. The van der Waals surface area contributed by atoms with Gasteiger partial charge in [0.25, 0.3) is 5.91 Å². The van der Waals surface area contributed by atoms with Gasteiger partial charge in [-0.1, -0.05) is 18.8 Å². The van der Waals surface area contributed by atoms with Crippen molar-refractivity contribution in [3.05, 3.63) is 21.9 Å². The summed E-state index contributed by atoms with van der Waals surface area (Å²) in [5, 5.41) is 1.92. The van der Waals surface area contributed by atoms with Crippen LogP contribution in [0.15, 0.2) is 11.4 Å². The first-order chi connectivity index (χ1) is 9.76. The van der Waals surface area contributed by atoms with E-state index < -0.39 is 0 Å². The fraction of sp³-hybridized carbons (Fsp3) is 0.533. The second kappa shape index (κ2) is 7.44. The summed E-state index contributed by atoms with van der Waals surface area (Å²) < 4.78 is 0. The van der Waals surface area contributed by atoms with Crippen LogP contribution in [0.5, 0.6) is 0 Å². The SMILES string of the molecule is CCCN1CCN(C(=O)c2sccc2C#CCN)CC1. The van der Waals surface area contributed by atoms with Crippen LogP contribution < -0.4 is 5.73 Å². The molecule has 0 bridgehead atoms. The van der Waals surface area contributed by atoms with Crippen molar-refractivity contribution in [1.29, 1.82) is 0 Å². The summed E-state index contributed by atoms with van der Waals surface area (Å²) in [6, 6.07) is 1.90. The maximum absolute atomic E-state index is 12.5. The van der Waals surface area contributed by atoms with Gasteiger partial charge in [-0.15, -0.1) is 11.3 Å². The Labute approximate surface area is 124 Å². The molecule has 0 saturated carbocycles. The average molecular weight is 291 g/mol. The molecule has 5 heteroatoms. The first-order valence-corrected chi connectivity index (χ1v) is 7.92. The molecule has 2 N–H and O–H groups in total. The molecule has 0 atom stereocenters. The fourth-order valence-corrected chi connectivity index (χ4v) is 3.17. The van der Waals surface area contributed by atoms with Crippen molar-refractivity contribution in [1.82, 2.24) is 9.80 Å². The van der Waals surface area contributed by atoms with Crippen molar-refractivity contribution in [2.75, 3.05) is 39.3 Å². The Bertz CT molecular complexity index is 507. The molecule has 4 nitrogen and oxygen atoms in total. The molecular weight excluding hydrogens is 270 g/mol. The largest absolute Gasteiger partial charge is 0.335 e. The van der Waals surface area contributed by atoms with Crippen LogP contribution in [-0.4, -0.2) is 55.0 Å². The van der Waals surface area contributed by atoms with E-state index in [-0.39, 0.29) is 5.91 Å². The van der Waals surface area contributed by atoms with Gasteiger partial charge < -0.3 is 10.6 Å². The van der Waals surface area contributed by atoms with E-state index in [1.54, 1.807) is 0 Å². The minimum Gasteiger partial charge on any atom is -0.335 e. The summed E-state index contributed by atoms with van der Waals surface area (Å²) in [7, 11) is 0. The molecule has 1 aromatic rings. The highest BCUT2D eigenvalue weighted by Gasteiger charge is 2.23. The van der Waals surface area contributed by atoms with Crippen molar-refractivity contribution in [2.45, 2.75) is 13.3 Å². The van der Waals surface area contributed by atoms with Crippen molar-refractivity contribution in [2.24, 2.45) is 5.73 Å². The van der Waals surface area contributed by atoms with E-state index in [1.165, 1.54) is 11.3 Å². The summed E-state index contributed by atoms with van der Waals surface area (Å²) in [5.41, 5.74) is 6.19. The van der Waals surface area contributed by atoms with E-state index in [1.807, 2.05) is 16.3 Å². The third-order valence-corrected chi connectivity index (χ3v) is 4.29. The minimum atomic E-state index is 0.109. The minimum absolute atomic E-state index is 0.109. The molecule has 1 saturated heterocycles. The zero-order valence-corrected chi connectivity index (χ0v) is 12.7. The van der Waals surface area contributed by atoms with Gasteiger partial charge in [0.1, 0.15) is 4.88 Å². The van der Waals surface area contributed by atoms with Gasteiger partial charge in [0.2, 0.25) is 0 Å². The third-order valence-electron chi connectivity index (χ3n) is 3.38. The molecule has 20 heavy (non-hydrogen) atoms. The van der Waals surface area contributed by atoms with Crippen LogP contribution >= 0.6 is 11.3 Å². The summed E-state index contributed by atoms with van der Waals surface area (Å²) in [6.07, 6.45) is 1.16. The quantitative estimate of drug-likeness (QED) is 0.852. The number of nitrogens with two attached hydrogens (primary N) is 1. The van der Waals surface area contributed by atoms with Crippen LogP contribution in [0.2, 0.25) is 0 Å². The molecule has 1 amide bonds. The van der Waals surface area contributed by atoms with Crippen LogP contribution in [0.25, 0.3) is 0 Å². The summed E-state index contributed by atoms with van der Waals surface area (Å²) in [5.74, 6) is 5.91. The molecule has 108 valence electrons. The summed E-state index contributed by atoms with van der Waals surface area (Å²) in [4.78, 5) is 17.6. The third kappa shape index (κ3) is 3.60. The molecule has 1 aromatic heterocycles.